The molecular weight excluding hydrogens is 234 g/mol. The summed E-state index contributed by atoms with van der Waals surface area (Å²) in [6.45, 7) is 12.7. The molecule has 1 atom stereocenters. The van der Waals surface area contributed by atoms with Gasteiger partial charge in [0.25, 0.3) is 0 Å². The fourth-order valence-electron chi connectivity index (χ4n) is 1.81. The van der Waals surface area contributed by atoms with Crippen molar-refractivity contribution in [3.63, 3.8) is 0 Å². The molecule has 1 N–H and O–H groups in total. The van der Waals surface area contributed by atoms with Crippen molar-refractivity contribution in [2.75, 3.05) is 13.2 Å². The molecule has 2 nitrogen and oxygen atoms in total. The molecule has 2 heteroatoms. The third-order valence-electron chi connectivity index (χ3n) is 3.92. The van der Waals surface area contributed by atoms with Gasteiger partial charge in [-0.05, 0) is 50.3 Å². The van der Waals surface area contributed by atoms with E-state index in [0.29, 0.717) is 12.5 Å². The van der Waals surface area contributed by atoms with Crippen molar-refractivity contribution in [2.45, 2.75) is 58.9 Å². The van der Waals surface area contributed by atoms with Gasteiger partial charge in [-0.3, -0.25) is 0 Å². The molecule has 0 heterocycles. The van der Waals surface area contributed by atoms with Crippen LogP contribution in [0.5, 0.6) is 5.75 Å². The average Bonchev–Trinajstić information content (AvgIpc) is 2.43. The monoisotopic (exact) mass is 263 g/mol. The fourth-order valence-corrected chi connectivity index (χ4v) is 1.81. The lowest BCUT2D eigenvalue weighted by Crippen LogP contribution is -2.40. The molecule has 0 saturated heterocycles. The summed E-state index contributed by atoms with van der Waals surface area (Å²) in [6.07, 6.45) is 2.30. The van der Waals surface area contributed by atoms with Crippen LogP contribution in [0.2, 0.25) is 0 Å². The predicted octanol–water partition coefficient (Wildman–Crippen LogP) is 4.36. The topological polar surface area (TPSA) is 21.3 Å². The molecule has 1 rings (SSSR count). The van der Waals surface area contributed by atoms with Crippen molar-refractivity contribution in [1.82, 2.24) is 5.32 Å². The number of rotatable bonds is 8. The van der Waals surface area contributed by atoms with Gasteiger partial charge in [-0.25, -0.2) is 0 Å². The van der Waals surface area contributed by atoms with Gasteiger partial charge in [0.2, 0.25) is 0 Å². The van der Waals surface area contributed by atoms with Crippen LogP contribution in [0.25, 0.3) is 0 Å². The van der Waals surface area contributed by atoms with Crippen LogP contribution in [0.1, 0.15) is 58.9 Å². The number of benzene rings is 1. The zero-order chi connectivity index (χ0) is 14.3. The number of ether oxygens (including phenoxy) is 1. The Morgan fingerprint density at radius 2 is 1.79 bits per heavy atom. The van der Waals surface area contributed by atoms with Crippen LogP contribution in [0.3, 0.4) is 0 Å². The van der Waals surface area contributed by atoms with E-state index in [4.69, 9.17) is 4.74 Å². The van der Waals surface area contributed by atoms with Gasteiger partial charge >= 0.3 is 0 Å². The van der Waals surface area contributed by atoms with E-state index in [9.17, 15) is 0 Å². The van der Waals surface area contributed by atoms with Crippen LogP contribution in [-0.2, 0) is 0 Å². The number of hydrogen-bond acceptors (Lipinski definition) is 2. The van der Waals surface area contributed by atoms with E-state index >= 15 is 0 Å². The summed E-state index contributed by atoms with van der Waals surface area (Å²) in [7, 11) is 0. The molecule has 1 aromatic rings. The van der Waals surface area contributed by atoms with Gasteiger partial charge in [0.1, 0.15) is 12.4 Å². The molecule has 1 unspecified atom stereocenters. The summed E-state index contributed by atoms with van der Waals surface area (Å²) in [5.41, 5.74) is 1.59. The zero-order valence-corrected chi connectivity index (χ0v) is 13.1. The van der Waals surface area contributed by atoms with Gasteiger partial charge in [0.05, 0.1) is 0 Å². The smallest absolute Gasteiger partial charge is 0.119 e. The first kappa shape index (κ1) is 16.0. The van der Waals surface area contributed by atoms with Gasteiger partial charge < -0.3 is 10.1 Å². The van der Waals surface area contributed by atoms with E-state index < -0.39 is 0 Å². The maximum atomic E-state index is 5.75. The van der Waals surface area contributed by atoms with E-state index in [1.165, 1.54) is 12.0 Å². The third-order valence-corrected chi connectivity index (χ3v) is 3.92. The summed E-state index contributed by atoms with van der Waals surface area (Å²) >= 11 is 0. The molecule has 108 valence electrons. The van der Waals surface area contributed by atoms with E-state index in [2.05, 4.69) is 64.2 Å². The van der Waals surface area contributed by atoms with Crippen molar-refractivity contribution in [2.24, 2.45) is 0 Å². The Kier molecular flexibility index (Phi) is 6.36. The molecule has 1 aromatic carbocycles. The lowest BCUT2D eigenvalue weighted by Gasteiger charge is -2.24. The Morgan fingerprint density at radius 3 is 2.32 bits per heavy atom. The summed E-state index contributed by atoms with van der Waals surface area (Å²) in [6, 6.07) is 8.50. The maximum Gasteiger partial charge on any atom is 0.119 e. The first-order valence-corrected chi connectivity index (χ1v) is 7.46. The second-order valence-corrected chi connectivity index (χ2v) is 5.89. The molecule has 0 aliphatic heterocycles. The van der Waals surface area contributed by atoms with Crippen LogP contribution < -0.4 is 10.1 Å². The minimum absolute atomic E-state index is 0.198. The van der Waals surface area contributed by atoms with Crippen molar-refractivity contribution in [3.8, 4) is 5.75 Å². The normalized spacial score (nSPS) is 13.3. The summed E-state index contributed by atoms with van der Waals surface area (Å²) in [5.74, 6) is 1.59. The largest absolute Gasteiger partial charge is 0.492 e. The SMILES string of the molecule is CCC(C)c1ccc(OCCNC(C)(C)CC)cc1. The highest BCUT2D eigenvalue weighted by atomic mass is 16.5. The van der Waals surface area contributed by atoms with Crippen LogP contribution in [0.15, 0.2) is 24.3 Å². The van der Waals surface area contributed by atoms with Gasteiger partial charge in [-0.1, -0.05) is 32.9 Å². The van der Waals surface area contributed by atoms with Crippen molar-refractivity contribution < 1.29 is 4.74 Å². The minimum Gasteiger partial charge on any atom is -0.492 e. The Morgan fingerprint density at radius 1 is 1.16 bits per heavy atom. The summed E-state index contributed by atoms with van der Waals surface area (Å²) in [5, 5.41) is 3.49. The van der Waals surface area contributed by atoms with E-state index in [0.717, 1.165) is 18.7 Å². The van der Waals surface area contributed by atoms with Crippen LogP contribution in [-0.4, -0.2) is 18.7 Å². The molecule has 0 aliphatic carbocycles. The number of hydrogen-bond donors (Lipinski definition) is 1. The third kappa shape index (κ3) is 5.65. The minimum atomic E-state index is 0.198. The molecule has 0 fully saturated rings. The molecule has 0 aliphatic rings. The van der Waals surface area contributed by atoms with Crippen LogP contribution in [0, 0.1) is 0 Å². The standard InChI is InChI=1S/C17H29NO/c1-6-14(3)15-8-10-16(11-9-15)19-13-12-18-17(4,5)7-2/h8-11,14,18H,6-7,12-13H2,1-5H3. The van der Waals surface area contributed by atoms with Crippen LogP contribution in [0.4, 0.5) is 0 Å². The highest BCUT2D eigenvalue weighted by Crippen LogP contribution is 2.21. The Bertz CT molecular complexity index is 356. The zero-order valence-electron chi connectivity index (χ0n) is 13.1. The second kappa shape index (κ2) is 7.54. The molecular formula is C17H29NO. The lowest BCUT2D eigenvalue weighted by atomic mass is 9.99. The molecule has 0 amide bonds. The first-order chi connectivity index (χ1) is 8.98. The number of nitrogens with one attached hydrogen (secondary N) is 1. The fraction of sp³-hybridized carbons (Fsp3) is 0.647. The van der Waals surface area contributed by atoms with Gasteiger partial charge in [-0.15, -0.1) is 0 Å². The quantitative estimate of drug-likeness (QED) is 0.704. The lowest BCUT2D eigenvalue weighted by molar-refractivity contribution is 0.281. The van der Waals surface area contributed by atoms with Crippen molar-refractivity contribution in [1.29, 1.82) is 0 Å². The second-order valence-electron chi connectivity index (χ2n) is 5.89. The van der Waals surface area contributed by atoms with E-state index in [1.54, 1.807) is 0 Å². The van der Waals surface area contributed by atoms with Crippen molar-refractivity contribution >= 4 is 0 Å². The van der Waals surface area contributed by atoms with Crippen LogP contribution >= 0.6 is 0 Å². The van der Waals surface area contributed by atoms with E-state index in [-0.39, 0.29) is 5.54 Å². The van der Waals surface area contributed by atoms with Gasteiger partial charge in [-0.2, -0.15) is 0 Å². The Labute approximate surface area is 118 Å². The van der Waals surface area contributed by atoms with Gasteiger partial charge in [0, 0.05) is 12.1 Å². The predicted molar refractivity (Wildman–Crippen MR) is 83.0 cm³/mol. The summed E-state index contributed by atoms with van der Waals surface area (Å²) < 4.78 is 5.75. The molecule has 0 aromatic heterocycles. The Hall–Kier alpha value is -1.02. The highest BCUT2D eigenvalue weighted by molar-refractivity contribution is 5.29. The first-order valence-electron chi connectivity index (χ1n) is 7.46. The summed E-state index contributed by atoms with van der Waals surface area (Å²) in [4.78, 5) is 0. The maximum absolute atomic E-state index is 5.75. The molecule has 19 heavy (non-hydrogen) atoms. The highest BCUT2D eigenvalue weighted by Gasteiger charge is 2.12. The molecule has 0 bridgehead atoms. The molecule has 0 spiro atoms. The van der Waals surface area contributed by atoms with E-state index in [1.807, 2.05) is 0 Å². The Balaban J connectivity index is 2.34. The average molecular weight is 263 g/mol. The molecule has 0 radical (unpaired) electrons. The van der Waals surface area contributed by atoms with Crippen molar-refractivity contribution in [3.05, 3.63) is 29.8 Å². The van der Waals surface area contributed by atoms with Gasteiger partial charge in [0.15, 0.2) is 0 Å². The molecule has 0 saturated carbocycles.